The van der Waals surface area contributed by atoms with Gasteiger partial charge in [0.05, 0.1) is 11.5 Å². The molecule has 110 valence electrons. The van der Waals surface area contributed by atoms with Gasteiger partial charge in [-0.2, -0.15) is 5.10 Å². The fourth-order valence-electron chi connectivity index (χ4n) is 1.84. The van der Waals surface area contributed by atoms with E-state index in [1.807, 2.05) is 6.92 Å². The molecule has 0 aromatic carbocycles. The largest absolute Gasteiger partial charge is 0.390 e. The van der Waals surface area contributed by atoms with Gasteiger partial charge in [-0.05, 0) is 13.0 Å². The van der Waals surface area contributed by atoms with E-state index < -0.39 is 10.0 Å². The number of aliphatic hydroxyl groups is 1. The number of aryl methyl sites for hydroxylation is 1. The molecule has 8 nitrogen and oxygen atoms in total. The number of rotatable bonds is 7. The molecule has 0 bridgehead atoms. The molecular formula is C11H17N5O3S. The minimum Gasteiger partial charge on any atom is -0.390 e. The summed E-state index contributed by atoms with van der Waals surface area (Å²) in [4.78, 5) is 4.07. The summed E-state index contributed by atoms with van der Waals surface area (Å²) in [5.41, 5.74) is 0.572. The van der Waals surface area contributed by atoms with Gasteiger partial charge in [-0.3, -0.25) is 5.10 Å². The highest BCUT2D eigenvalue weighted by molar-refractivity contribution is 7.89. The quantitative estimate of drug-likeness (QED) is 0.646. The van der Waals surface area contributed by atoms with Gasteiger partial charge in [0.2, 0.25) is 10.0 Å². The van der Waals surface area contributed by atoms with Crippen LogP contribution in [-0.2, 0) is 29.6 Å². The standard InChI is InChI=1S/C11H17N5O3S/c1-2-16-6-10(5-9(16)7-17)20(18,19)14-4-3-11-12-8-13-15-11/h5-6,8,14,17H,2-4,7H2,1H3,(H,12,13,15). The molecule has 3 N–H and O–H groups in total. The summed E-state index contributed by atoms with van der Waals surface area (Å²) in [6.07, 6.45) is 3.32. The number of nitrogens with one attached hydrogen (secondary N) is 2. The lowest BCUT2D eigenvalue weighted by Gasteiger charge is -2.03. The number of H-pyrrole nitrogens is 1. The Morgan fingerprint density at radius 3 is 2.85 bits per heavy atom. The molecule has 2 heterocycles. The molecule has 0 saturated heterocycles. The van der Waals surface area contributed by atoms with Crippen LogP contribution in [0.2, 0.25) is 0 Å². The second-order valence-electron chi connectivity index (χ2n) is 4.19. The lowest BCUT2D eigenvalue weighted by molar-refractivity contribution is 0.271. The van der Waals surface area contributed by atoms with Gasteiger partial charge in [-0.1, -0.05) is 0 Å². The van der Waals surface area contributed by atoms with Crippen molar-refractivity contribution in [1.29, 1.82) is 0 Å². The van der Waals surface area contributed by atoms with Crippen molar-refractivity contribution in [1.82, 2.24) is 24.5 Å². The minimum absolute atomic E-state index is 0.154. The summed E-state index contributed by atoms with van der Waals surface area (Å²) in [5.74, 6) is 0.620. The van der Waals surface area contributed by atoms with Crippen LogP contribution in [0.15, 0.2) is 23.5 Å². The van der Waals surface area contributed by atoms with E-state index in [1.165, 1.54) is 18.6 Å². The zero-order valence-corrected chi connectivity index (χ0v) is 11.9. The molecule has 0 saturated carbocycles. The summed E-state index contributed by atoms with van der Waals surface area (Å²) in [7, 11) is -3.58. The third kappa shape index (κ3) is 3.24. The van der Waals surface area contributed by atoms with Crippen molar-refractivity contribution in [2.45, 2.75) is 31.4 Å². The predicted octanol–water partition coefficient (Wildman–Crippen LogP) is -0.361. The van der Waals surface area contributed by atoms with Gasteiger partial charge in [0.1, 0.15) is 12.2 Å². The Labute approximate surface area is 116 Å². The van der Waals surface area contributed by atoms with Crippen molar-refractivity contribution in [2.24, 2.45) is 0 Å². The van der Waals surface area contributed by atoms with Gasteiger partial charge < -0.3 is 9.67 Å². The van der Waals surface area contributed by atoms with Crippen LogP contribution in [-0.4, -0.2) is 39.8 Å². The fourth-order valence-corrected chi connectivity index (χ4v) is 2.93. The molecule has 0 spiro atoms. The number of aromatic amines is 1. The predicted molar refractivity (Wildman–Crippen MR) is 71.3 cm³/mol. The SMILES string of the molecule is CCn1cc(S(=O)(=O)NCCc2ncn[nH]2)cc1CO. The zero-order valence-electron chi connectivity index (χ0n) is 11.1. The zero-order chi connectivity index (χ0) is 14.6. The van der Waals surface area contributed by atoms with Crippen molar-refractivity contribution in [3.63, 3.8) is 0 Å². The highest BCUT2D eigenvalue weighted by atomic mass is 32.2. The van der Waals surface area contributed by atoms with Gasteiger partial charge in [0, 0.05) is 31.4 Å². The topological polar surface area (TPSA) is 113 Å². The van der Waals surface area contributed by atoms with Crippen molar-refractivity contribution in [3.8, 4) is 0 Å². The van der Waals surface area contributed by atoms with E-state index in [4.69, 9.17) is 0 Å². The van der Waals surface area contributed by atoms with Crippen LogP contribution in [0.1, 0.15) is 18.4 Å². The molecule has 20 heavy (non-hydrogen) atoms. The molecule has 0 amide bonds. The summed E-state index contributed by atoms with van der Waals surface area (Å²) in [6, 6.07) is 1.47. The van der Waals surface area contributed by atoms with E-state index >= 15 is 0 Å². The first-order chi connectivity index (χ1) is 9.56. The third-order valence-electron chi connectivity index (χ3n) is 2.89. The molecule has 2 rings (SSSR count). The van der Waals surface area contributed by atoms with Crippen molar-refractivity contribution in [3.05, 3.63) is 30.1 Å². The van der Waals surface area contributed by atoms with Gasteiger partial charge in [0.15, 0.2) is 0 Å². The maximum Gasteiger partial charge on any atom is 0.242 e. The number of hydrogen-bond donors (Lipinski definition) is 3. The van der Waals surface area contributed by atoms with Crippen molar-refractivity contribution >= 4 is 10.0 Å². The Morgan fingerprint density at radius 2 is 2.30 bits per heavy atom. The van der Waals surface area contributed by atoms with Crippen LogP contribution in [0.4, 0.5) is 0 Å². The fraction of sp³-hybridized carbons (Fsp3) is 0.455. The molecule has 0 atom stereocenters. The maximum absolute atomic E-state index is 12.1. The Balaban J connectivity index is 2.04. The highest BCUT2D eigenvalue weighted by Crippen LogP contribution is 2.14. The average Bonchev–Trinajstić information content (AvgIpc) is 3.07. The van der Waals surface area contributed by atoms with E-state index in [0.29, 0.717) is 24.5 Å². The maximum atomic E-state index is 12.1. The molecule has 0 fully saturated rings. The molecule has 2 aromatic rings. The highest BCUT2D eigenvalue weighted by Gasteiger charge is 2.17. The summed E-state index contributed by atoms with van der Waals surface area (Å²) >= 11 is 0. The second kappa shape index (κ2) is 6.16. The van der Waals surface area contributed by atoms with E-state index in [1.54, 1.807) is 4.57 Å². The molecule has 9 heteroatoms. The van der Waals surface area contributed by atoms with Gasteiger partial charge in [-0.25, -0.2) is 18.1 Å². The molecule has 0 radical (unpaired) electrons. The Morgan fingerprint density at radius 1 is 1.50 bits per heavy atom. The van der Waals surface area contributed by atoms with E-state index in [0.717, 1.165) is 0 Å². The van der Waals surface area contributed by atoms with E-state index in [9.17, 15) is 13.5 Å². The second-order valence-corrected chi connectivity index (χ2v) is 5.96. The monoisotopic (exact) mass is 299 g/mol. The Hall–Kier alpha value is -1.71. The minimum atomic E-state index is -3.58. The number of aromatic nitrogens is 4. The molecule has 0 aliphatic carbocycles. The van der Waals surface area contributed by atoms with Crippen LogP contribution in [0.3, 0.4) is 0 Å². The van der Waals surface area contributed by atoms with Crippen LogP contribution < -0.4 is 4.72 Å². The third-order valence-corrected chi connectivity index (χ3v) is 4.32. The van der Waals surface area contributed by atoms with Crippen LogP contribution in [0.25, 0.3) is 0 Å². The van der Waals surface area contributed by atoms with Crippen molar-refractivity contribution < 1.29 is 13.5 Å². The number of aliphatic hydroxyl groups excluding tert-OH is 1. The summed E-state index contributed by atoms with van der Waals surface area (Å²) < 4.78 is 28.4. The first kappa shape index (κ1) is 14.7. The first-order valence-corrected chi connectivity index (χ1v) is 7.69. The molecule has 0 aliphatic rings. The smallest absolute Gasteiger partial charge is 0.242 e. The number of hydrogen-bond acceptors (Lipinski definition) is 5. The molecule has 0 aliphatic heterocycles. The molecule has 2 aromatic heterocycles. The van der Waals surface area contributed by atoms with E-state index in [-0.39, 0.29) is 18.0 Å². The van der Waals surface area contributed by atoms with Crippen molar-refractivity contribution in [2.75, 3.05) is 6.54 Å². The van der Waals surface area contributed by atoms with Gasteiger partial charge in [0.25, 0.3) is 0 Å². The first-order valence-electron chi connectivity index (χ1n) is 6.20. The lowest BCUT2D eigenvalue weighted by Crippen LogP contribution is -2.26. The average molecular weight is 299 g/mol. The molecule has 0 unspecified atom stereocenters. The lowest BCUT2D eigenvalue weighted by atomic mass is 10.4. The summed E-state index contributed by atoms with van der Waals surface area (Å²) in [6.45, 7) is 2.51. The number of sulfonamides is 1. The van der Waals surface area contributed by atoms with E-state index in [2.05, 4.69) is 19.9 Å². The Kier molecular flexibility index (Phi) is 4.53. The van der Waals surface area contributed by atoms with Crippen LogP contribution >= 0.6 is 0 Å². The van der Waals surface area contributed by atoms with Gasteiger partial charge >= 0.3 is 0 Å². The Bertz CT molecular complexity index is 626. The van der Waals surface area contributed by atoms with Gasteiger partial charge in [-0.15, -0.1) is 0 Å². The van der Waals surface area contributed by atoms with Crippen LogP contribution in [0, 0.1) is 0 Å². The normalized spacial score (nSPS) is 11.9. The number of nitrogens with zero attached hydrogens (tertiary/aromatic N) is 3. The molecular weight excluding hydrogens is 282 g/mol. The van der Waals surface area contributed by atoms with Crippen LogP contribution in [0.5, 0.6) is 0 Å². The summed E-state index contributed by atoms with van der Waals surface area (Å²) in [5, 5.41) is 15.5.